The summed E-state index contributed by atoms with van der Waals surface area (Å²) in [7, 11) is 0. The molecule has 6 heteroatoms. The fraction of sp³-hybridized carbons (Fsp3) is 0.250. The van der Waals surface area contributed by atoms with E-state index in [9.17, 15) is 4.79 Å². The van der Waals surface area contributed by atoms with Gasteiger partial charge in [0, 0.05) is 42.0 Å². The molecule has 0 aliphatic carbocycles. The Morgan fingerprint density at radius 3 is 2.58 bits per heavy atom. The van der Waals surface area contributed by atoms with Crippen LogP contribution in [0.2, 0.25) is 0 Å². The summed E-state index contributed by atoms with van der Waals surface area (Å²) in [5, 5.41) is 5.63. The molecule has 0 saturated heterocycles. The summed E-state index contributed by atoms with van der Waals surface area (Å²) in [4.78, 5) is 20.5. The second kappa shape index (κ2) is 8.29. The molecule has 0 atom stereocenters. The largest absolute Gasteiger partial charge is 0.441 e. The zero-order valence-corrected chi connectivity index (χ0v) is 14.9. The fourth-order valence-electron chi connectivity index (χ4n) is 2.41. The number of anilines is 1. The second-order valence-corrected chi connectivity index (χ2v) is 6.25. The molecule has 0 aliphatic rings. The fourth-order valence-corrected chi connectivity index (χ4v) is 2.41. The first-order chi connectivity index (χ1) is 12.6. The molecular formula is C20H22N4O2. The lowest BCUT2D eigenvalue weighted by molar-refractivity contribution is 0.252. The van der Waals surface area contributed by atoms with Crippen LogP contribution in [-0.4, -0.2) is 22.5 Å². The van der Waals surface area contributed by atoms with E-state index in [1.165, 1.54) is 0 Å². The number of benzene rings is 1. The Balaban J connectivity index is 1.51. The van der Waals surface area contributed by atoms with E-state index in [0.29, 0.717) is 30.5 Å². The Kier molecular flexibility index (Phi) is 5.63. The number of oxazole rings is 1. The molecule has 1 aromatic carbocycles. The number of nitrogens with one attached hydrogen (secondary N) is 2. The van der Waals surface area contributed by atoms with Gasteiger partial charge in [-0.15, -0.1) is 0 Å². The first kappa shape index (κ1) is 17.7. The van der Waals surface area contributed by atoms with Crippen LogP contribution in [0.15, 0.2) is 59.3 Å². The van der Waals surface area contributed by atoms with Crippen LogP contribution < -0.4 is 10.6 Å². The molecule has 2 N–H and O–H groups in total. The molecule has 6 nitrogen and oxygen atoms in total. The third kappa shape index (κ3) is 4.69. The number of hydrogen-bond donors (Lipinski definition) is 2. The van der Waals surface area contributed by atoms with Crippen molar-refractivity contribution in [1.82, 2.24) is 15.3 Å². The van der Waals surface area contributed by atoms with Crippen LogP contribution in [0.5, 0.6) is 0 Å². The molecule has 0 unspecified atom stereocenters. The van der Waals surface area contributed by atoms with Crippen LogP contribution in [0.1, 0.15) is 31.2 Å². The van der Waals surface area contributed by atoms with Crippen LogP contribution in [0.25, 0.3) is 11.5 Å². The monoisotopic (exact) mass is 350 g/mol. The molecule has 3 aromatic rings. The highest BCUT2D eigenvalue weighted by molar-refractivity contribution is 5.89. The summed E-state index contributed by atoms with van der Waals surface area (Å²) < 4.78 is 5.73. The first-order valence-corrected chi connectivity index (χ1v) is 8.63. The molecule has 2 heterocycles. The molecular weight excluding hydrogens is 328 g/mol. The van der Waals surface area contributed by atoms with Gasteiger partial charge in [0.05, 0.1) is 6.20 Å². The first-order valence-electron chi connectivity index (χ1n) is 8.63. The van der Waals surface area contributed by atoms with Crippen molar-refractivity contribution >= 4 is 11.7 Å². The number of aromatic nitrogens is 2. The van der Waals surface area contributed by atoms with Crippen molar-refractivity contribution in [2.45, 2.75) is 26.2 Å². The SMILES string of the molecule is CC(C)c1cnc(-c2ccc(NC(=O)NCCc3ccccn3)cc2)o1. The normalized spacial score (nSPS) is 10.7. The number of pyridine rings is 1. The zero-order valence-electron chi connectivity index (χ0n) is 14.9. The number of carbonyl (C=O) groups is 1. The maximum absolute atomic E-state index is 12.0. The van der Waals surface area contributed by atoms with Gasteiger partial charge in [-0.2, -0.15) is 0 Å². The van der Waals surface area contributed by atoms with E-state index < -0.39 is 0 Å². The van der Waals surface area contributed by atoms with Crippen LogP contribution in [-0.2, 0) is 6.42 Å². The minimum atomic E-state index is -0.244. The number of hydrogen-bond acceptors (Lipinski definition) is 4. The molecule has 26 heavy (non-hydrogen) atoms. The highest BCUT2D eigenvalue weighted by Gasteiger charge is 2.09. The Labute approximate surface area is 152 Å². The topological polar surface area (TPSA) is 80.0 Å². The van der Waals surface area contributed by atoms with Crippen LogP contribution >= 0.6 is 0 Å². The number of amides is 2. The maximum atomic E-state index is 12.0. The van der Waals surface area contributed by atoms with Gasteiger partial charge in [0.25, 0.3) is 0 Å². The molecule has 0 radical (unpaired) electrons. The van der Waals surface area contributed by atoms with Gasteiger partial charge in [0.1, 0.15) is 5.76 Å². The second-order valence-electron chi connectivity index (χ2n) is 6.25. The average Bonchev–Trinajstić information content (AvgIpc) is 3.14. The predicted molar refractivity (Wildman–Crippen MR) is 101 cm³/mol. The summed E-state index contributed by atoms with van der Waals surface area (Å²) in [6.45, 7) is 4.64. The van der Waals surface area contributed by atoms with Gasteiger partial charge in [0.15, 0.2) is 0 Å². The van der Waals surface area contributed by atoms with E-state index in [1.54, 1.807) is 12.4 Å². The quantitative estimate of drug-likeness (QED) is 0.697. The molecule has 134 valence electrons. The van der Waals surface area contributed by atoms with E-state index in [2.05, 4.69) is 34.4 Å². The summed E-state index contributed by atoms with van der Waals surface area (Å²) in [6.07, 6.45) is 4.19. The summed E-state index contributed by atoms with van der Waals surface area (Å²) in [5.74, 6) is 1.74. The lowest BCUT2D eigenvalue weighted by Gasteiger charge is -2.08. The van der Waals surface area contributed by atoms with Gasteiger partial charge >= 0.3 is 6.03 Å². The van der Waals surface area contributed by atoms with E-state index in [0.717, 1.165) is 17.0 Å². The minimum Gasteiger partial charge on any atom is -0.441 e. The van der Waals surface area contributed by atoms with Gasteiger partial charge in [-0.05, 0) is 36.4 Å². The number of rotatable bonds is 6. The van der Waals surface area contributed by atoms with Crippen LogP contribution in [0, 0.1) is 0 Å². The van der Waals surface area contributed by atoms with Gasteiger partial charge in [0.2, 0.25) is 5.89 Å². The number of nitrogens with zero attached hydrogens (tertiary/aromatic N) is 2. The predicted octanol–water partition coefficient (Wildman–Crippen LogP) is 4.22. The van der Waals surface area contributed by atoms with Gasteiger partial charge in [-0.3, -0.25) is 4.98 Å². The number of carbonyl (C=O) groups excluding carboxylic acids is 1. The van der Waals surface area contributed by atoms with Crippen molar-refractivity contribution in [3.8, 4) is 11.5 Å². The van der Waals surface area contributed by atoms with Crippen molar-refractivity contribution in [3.63, 3.8) is 0 Å². The standard InChI is InChI=1S/C20H22N4O2/c1-14(2)18-13-23-19(26-18)15-6-8-17(9-7-15)24-20(25)22-12-10-16-5-3-4-11-21-16/h3-9,11,13-14H,10,12H2,1-2H3,(H2,22,24,25). The third-order valence-corrected chi connectivity index (χ3v) is 3.88. The van der Waals surface area contributed by atoms with Gasteiger partial charge in [-0.25, -0.2) is 9.78 Å². The van der Waals surface area contributed by atoms with Crippen molar-refractivity contribution in [2.75, 3.05) is 11.9 Å². The van der Waals surface area contributed by atoms with Crippen molar-refractivity contribution in [2.24, 2.45) is 0 Å². The van der Waals surface area contributed by atoms with Crippen molar-refractivity contribution in [1.29, 1.82) is 0 Å². The molecule has 0 spiro atoms. The lowest BCUT2D eigenvalue weighted by Crippen LogP contribution is -2.30. The highest BCUT2D eigenvalue weighted by Crippen LogP contribution is 2.24. The van der Waals surface area contributed by atoms with Gasteiger partial charge < -0.3 is 15.1 Å². The minimum absolute atomic E-state index is 0.244. The third-order valence-electron chi connectivity index (χ3n) is 3.88. The Morgan fingerprint density at radius 2 is 1.92 bits per heavy atom. The summed E-state index contributed by atoms with van der Waals surface area (Å²) in [6, 6.07) is 12.9. The van der Waals surface area contributed by atoms with Gasteiger partial charge in [-0.1, -0.05) is 19.9 Å². The van der Waals surface area contributed by atoms with Crippen molar-refractivity contribution < 1.29 is 9.21 Å². The van der Waals surface area contributed by atoms with E-state index in [-0.39, 0.29) is 6.03 Å². The summed E-state index contributed by atoms with van der Waals surface area (Å²) >= 11 is 0. The smallest absolute Gasteiger partial charge is 0.319 e. The average molecular weight is 350 g/mol. The van der Waals surface area contributed by atoms with Crippen LogP contribution in [0.3, 0.4) is 0 Å². The molecule has 2 amide bonds. The highest BCUT2D eigenvalue weighted by atomic mass is 16.4. The Bertz CT molecular complexity index is 842. The maximum Gasteiger partial charge on any atom is 0.319 e. The molecule has 0 fully saturated rings. The van der Waals surface area contributed by atoms with E-state index in [1.807, 2.05) is 42.5 Å². The Morgan fingerprint density at radius 1 is 1.12 bits per heavy atom. The van der Waals surface area contributed by atoms with Crippen molar-refractivity contribution in [3.05, 3.63) is 66.3 Å². The van der Waals surface area contributed by atoms with E-state index in [4.69, 9.17) is 4.42 Å². The summed E-state index contributed by atoms with van der Waals surface area (Å²) in [5.41, 5.74) is 2.53. The molecule has 2 aromatic heterocycles. The molecule has 3 rings (SSSR count). The molecule has 0 aliphatic heterocycles. The lowest BCUT2D eigenvalue weighted by atomic mass is 10.2. The van der Waals surface area contributed by atoms with Crippen LogP contribution in [0.4, 0.5) is 10.5 Å². The number of urea groups is 1. The molecule has 0 saturated carbocycles. The zero-order chi connectivity index (χ0) is 18.4. The Hall–Kier alpha value is -3.15. The molecule has 0 bridgehead atoms. The van der Waals surface area contributed by atoms with E-state index >= 15 is 0 Å².